The minimum absolute atomic E-state index is 0.0169. The molecule has 2 atom stereocenters. The average Bonchev–Trinajstić information content (AvgIpc) is 3.03. The summed E-state index contributed by atoms with van der Waals surface area (Å²) in [5.74, 6) is 0.790. The Kier molecular flexibility index (Phi) is 6.30. The predicted octanol–water partition coefficient (Wildman–Crippen LogP) is 1.72. The third-order valence-corrected chi connectivity index (χ3v) is 5.83. The monoisotopic (exact) mass is 418 g/mol. The van der Waals surface area contributed by atoms with E-state index in [4.69, 9.17) is 0 Å². The molecule has 30 heavy (non-hydrogen) atoms. The molecule has 8 heteroatoms. The maximum absolute atomic E-state index is 12.7. The van der Waals surface area contributed by atoms with Crippen LogP contribution in [0.5, 0.6) is 0 Å². The average molecular weight is 419 g/mol. The second-order valence-corrected chi connectivity index (χ2v) is 10.9. The van der Waals surface area contributed by atoms with Crippen molar-refractivity contribution in [1.29, 1.82) is 0 Å². The number of carbonyl (C=O) groups excluding carboxylic acids is 2. The van der Waals surface area contributed by atoms with Gasteiger partial charge in [0.15, 0.2) is 0 Å². The van der Waals surface area contributed by atoms with Crippen LogP contribution >= 0.6 is 0 Å². The fourth-order valence-corrected chi connectivity index (χ4v) is 4.42. The van der Waals surface area contributed by atoms with Gasteiger partial charge in [0.2, 0.25) is 11.8 Å². The third kappa shape index (κ3) is 5.60. The van der Waals surface area contributed by atoms with Gasteiger partial charge < -0.3 is 10.6 Å². The lowest BCUT2D eigenvalue weighted by Gasteiger charge is -2.40. The van der Waals surface area contributed by atoms with Crippen LogP contribution in [0.25, 0.3) is 0 Å². The van der Waals surface area contributed by atoms with Crippen LogP contribution in [0.3, 0.4) is 0 Å². The fourth-order valence-electron chi connectivity index (χ4n) is 4.42. The molecule has 2 aliphatic rings. The molecule has 1 aromatic heterocycles. The van der Waals surface area contributed by atoms with Gasteiger partial charge in [-0.3, -0.25) is 24.1 Å². The highest BCUT2D eigenvalue weighted by atomic mass is 16.2. The summed E-state index contributed by atoms with van der Waals surface area (Å²) < 4.78 is 1.73. The number of rotatable bonds is 5. The largest absolute Gasteiger partial charge is 0.350 e. The molecule has 2 bridgehead atoms. The summed E-state index contributed by atoms with van der Waals surface area (Å²) in [6, 6.07) is 2.63. The number of likely N-dealkylation sites (tertiary alicyclic amines) is 1. The van der Waals surface area contributed by atoms with E-state index in [-0.39, 0.29) is 22.8 Å². The van der Waals surface area contributed by atoms with Crippen LogP contribution in [0.1, 0.15) is 60.1 Å². The van der Waals surface area contributed by atoms with E-state index in [1.165, 1.54) is 0 Å². The summed E-state index contributed by atoms with van der Waals surface area (Å²) in [5, 5.41) is 10.6. The number of aromatic nitrogens is 2. The molecule has 2 unspecified atom stereocenters. The molecule has 2 amide bonds. The summed E-state index contributed by atoms with van der Waals surface area (Å²) in [4.78, 5) is 29.6. The van der Waals surface area contributed by atoms with Crippen LogP contribution < -0.4 is 10.6 Å². The van der Waals surface area contributed by atoms with Crippen molar-refractivity contribution < 1.29 is 9.59 Å². The molecule has 1 aromatic rings. The second kappa shape index (κ2) is 8.30. The highest BCUT2D eigenvalue weighted by Crippen LogP contribution is 2.30. The highest BCUT2D eigenvalue weighted by molar-refractivity contribution is 5.91. The summed E-state index contributed by atoms with van der Waals surface area (Å²) in [7, 11) is 1.85. The Morgan fingerprint density at radius 2 is 1.63 bits per heavy atom. The molecular formula is C22H38N6O2. The summed E-state index contributed by atoms with van der Waals surface area (Å²) in [5.41, 5.74) is 0.685. The number of nitrogens with one attached hydrogen (secondary N) is 2. The Morgan fingerprint density at radius 1 is 1.03 bits per heavy atom. The zero-order valence-corrected chi connectivity index (χ0v) is 19.6. The van der Waals surface area contributed by atoms with Crippen LogP contribution in [0.2, 0.25) is 0 Å². The number of aryl methyl sites for hydroxylation is 1. The summed E-state index contributed by atoms with van der Waals surface area (Å²) in [6.07, 6.45) is 2.17. The van der Waals surface area contributed by atoms with Gasteiger partial charge in [-0.05, 0) is 33.6 Å². The number of hydrogen-bond donors (Lipinski definition) is 2. The van der Waals surface area contributed by atoms with Gasteiger partial charge in [0, 0.05) is 49.2 Å². The minimum Gasteiger partial charge on any atom is -0.350 e. The van der Waals surface area contributed by atoms with Crippen LogP contribution in [0.4, 0.5) is 5.82 Å². The lowest BCUT2D eigenvalue weighted by atomic mass is 9.92. The van der Waals surface area contributed by atoms with Gasteiger partial charge >= 0.3 is 0 Å². The fraction of sp³-hybridized carbons (Fsp3) is 0.773. The zero-order chi connectivity index (χ0) is 22.3. The number of piperazine rings is 1. The maximum Gasteiger partial charge on any atom is 0.239 e. The SMILES string of the molecule is Cn1nc(C(C)(C)C)cc1NC(=O)CN1CC2CCC(C1)N2CC(=O)NC(C)(C)C. The molecule has 2 fully saturated rings. The molecule has 168 valence electrons. The zero-order valence-electron chi connectivity index (χ0n) is 19.6. The van der Waals surface area contributed by atoms with Crippen molar-refractivity contribution in [2.45, 2.75) is 77.4 Å². The predicted molar refractivity (Wildman–Crippen MR) is 118 cm³/mol. The molecule has 8 nitrogen and oxygen atoms in total. The van der Waals surface area contributed by atoms with E-state index in [2.05, 4.69) is 46.3 Å². The number of hydrogen-bond acceptors (Lipinski definition) is 5. The van der Waals surface area contributed by atoms with Crippen molar-refractivity contribution >= 4 is 17.6 Å². The Balaban J connectivity index is 1.53. The Hall–Kier alpha value is -1.93. The van der Waals surface area contributed by atoms with Crippen molar-refractivity contribution in [3.8, 4) is 0 Å². The number of carbonyl (C=O) groups is 2. The molecule has 0 aromatic carbocycles. The van der Waals surface area contributed by atoms with Crippen molar-refractivity contribution in [2.75, 3.05) is 31.5 Å². The number of fused-ring (bicyclic) bond motifs is 2. The lowest BCUT2D eigenvalue weighted by Crippen LogP contribution is -2.58. The van der Waals surface area contributed by atoms with Crippen LogP contribution in [-0.2, 0) is 22.1 Å². The molecule has 3 heterocycles. The molecule has 2 N–H and O–H groups in total. The van der Waals surface area contributed by atoms with Gasteiger partial charge in [0.05, 0.1) is 18.8 Å². The lowest BCUT2D eigenvalue weighted by molar-refractivity contribution is -0.126. The van der Waals surface area contributed by atoms with Crippen LogP contribution in [-0.4, -0.2) is 75.2 Å². The quantitative estimate of drug-likeness (QED) is 0.761. The number of nitrogens with zero attached hydrogens (tertiary/aromatic N) is 4. The molecule has 0 radical (unpaired) electrons. The first-order chi connectivity index (χ1) is 13.8. The van der Waals surface area contributed by atoms with E-state index in [1.807, 2.05) is 33.9 Å². The van der Waals surface area contributed by atoms with E-state index >= 15 is 0 Å². The van der Waals surface area contributed by atoms with Gasteiger partial charge in [-0.15, -0.1) is 0 Å². The first kappa shape index (κ1) is 22.7. The number of anilines is 1. The van der Waals surface area contributed by atoms with E-state index < -0.39 is 0 Å². The Morgan fingerprint density at radius 3 is 2.13 bits per heavy atom. The molecule has 2 saturated heterocycles. The van der Waals surface area contributed by atoms with Crippen molar-refractivity contribution in [3.63, 3.8) is 0 Å². The molecule has 0 saturated carbocycles. The normalized spacial score (nSPS) is 22.9. The first-order valence-electron chi connectivity index (χ1n) is 11.0. The van der Waals surface area contributed by atoms with E-state index in [0.717, 1.165) is 37.4 Å². The van der Waals surface area contributed by atoms with Crippen molar-refractivity contribution in [2.24, 2.45) is 7.05 Å². The Labute approximate surface area is 180 Å². The van der Waals surface area contributed by atoms with Gasteiger partial charge in [0.1, 0.15) is 5.82 Å². The second-order valence-electron chi connectivity index (χ2n) is 10.9. The molecule has 0 aliphatic carbocycles. The molecule has 0 spiro atoms. The highest BCUT2D eigenvalue weighted by Gasteiger charge is 2.41. The first-order valence-corrected chi connectivity index (χ1v) is 11.0. The minimum atomic E-state index is -0.214. The van der Waals surface area contributed by atoms with E-state index in [1.54, 1.807) is 4.68 Å². The van der Waals surface area contributed by atoms with Crippen molar-refractivity contribution in [1.82, 2.24) is 24.9 Å². The van der Waals surface area contributed by atoms with Crippen molar-refractivity contribution in [3.05, 3.63) is 11.8 Å². The third-order valence-electron chi connectivity index (χ3n) is 5.83. The number of amides is 2. The smallest absolute Gasteiger partial charge is 0.239 e. The van der Waals surface area contributed by atoms with Crippen LogP contribution in [0.15, 0.2) is 6.07 Å². The van der Waals surface area contributed by atoms with Gasteiger partial charge in [-0.2, -0.15) is 5.10 Å². The van der Waals surface area contributed by atoms with Gasteiger partial charge in [-0.1, -0.05) is 20.8 Å². The van der Waals surface area contributed by atoms with E-state index in [9.17, 15) is 9.59 Å². The standard InChI is InChI=1S/C22H38N6O2/c1-21(2,3)17-10-18(26(7)25-17)23-19(29)13-27-11-15-8-9-16(12-27)28(15)14-20(30)24-22(4,5)6/h10,15-16H,8-9,11-14H2,1-7H3,(H,23,29)(H,24,30). The van der Waals surface area contributed by atoms with Gasteiger partial charge in [0.25, 0.3) is 0 Å². The van der Waals surface area contributed by atoms with Gasteiger partial charge in [-0.25, -0.2) is 0 Å². The topological polar surface area (TPSA) is 82.5 Å². The molecular weight excluding hydrogens is 380 g/mol. The molecule has 2 aliphatic heterocycles. The maximum atomic E-state index is 12.7. The molecule has 3 rings (SSSR count). The van der Waals surface area contributed by atoms with E-state index in [0.29, 0.717) is 25.2 Å². The summed E-state index contributed by atoms with van der Waals surface area (Å²) in [6.45, 7) is 14.8. The Bertz CT molecular complexity index is 775. The summed E-state index contributed by atoms with van der Waals surface area (Å²) >= 11 is 0. The van der Waals surface area contributed by atoms with Crippen LogP contribution in [0, 0.1) is 0 Å².